The molecule has 1 aromatic rings. The molecule has 0 heterocycles. The fourth-order valence-corrected chi connectivity index (χ4v) is 1.74. The van der Waals surface area contributed by atoms with Crippen LogP contribution in [0.15, 0.2) is 22.7 Å². The maximum absolute atomic E-state index is 12.7. The van der Waals surface area contributed by atoms with E-state index >= 15 is 0 Å². The van der Waals surface area contributed by atoms with E-state index in [4.69, 9.17) is 0 Å². The van der Waals surface area contributed by atoms with E-state index in [1.54, 1.807) is 0 Å². The highest BCUT2D eigenvalue weighted by atomic mass is 79.9. The summed E-state index contributed by atoms with van der Waals surface area (Å²) in [4.78, 5) is 10.9. The highest BCUT2D eigenvalue weighted by molar-refractivity contribution is 9.10. The quantitative estimate of drug-likeness (QED) is 0.861. The van der Waals surface area contributed by atoms with Crippen molar-refractivity contribution in [1.29, 1.82) is 0 Å². The monoisotopic (exact) mass is 276 g/mol. The number of hydrogen-bond acceptors (Lipinski definition) is 3. The van der Waals surface area contributed by atoms with Crippen LogP contribution in [0.4, 0.5) is 4.39 Å². The molecule has 0 saturated carbocycles. The fraction of sp³-hybridized carbons (Fsp3) is 0.300. The third-order valence-corrected chi connectivity index (χ3v) is 2.60. The third kappa shape index (κ3) is 3.28. The second-order valence-electron chi connectivity index (χ2n) is 2.96. The zero-order valence-corrected chi connectivity index (χ0v) is 9.62. The van der Waals surface area contributed by atoms with Gasteiger partial charge in [-0.3, -0.25) is 4.79 Å². The van der Waals surface area contributed by atoms with Gasteiger partial charge in [-0.15, -0.1) is 0 Å². The summed E-state index contributed by atoms with van der Waals surface area (Å²) in [6.45, 7) is 0. The predicted molar refractivity (Wildman–Crippen MR) is 55.7 cm³/mol. The van der Waals surface area contributed by atoms with Crippen LogP contribution in [0.1, 0.15) is 18.1 Å². The number of aliphatic hydroxyl groups is 1. The minimum Gasteiger partial charge on any atom is -0.469 e. The van der Waals surface area contributed by atoms with E-state index in [1.165, 1.54) is 25.3 Å². The molecule has 5 heteroatoms. The van der Waals surface area contributed by atoms with Gasteiger partial charge in [0, 0.05) is 4.47 Å². The van der Waals surface area contributed by atoms with Crippen molar-refractivity contribution in [3.8, 4) is 0 Å². The Morgan fingerprint density at radius 1 is 1.67 bits per heavy atom. The van der Waals surface area contributed by atoms with Crippen LogP contribution in [-0.2, 0) is 9.53 Å². The van der Waals surface area contributed by atoms with Gasteiger partial charge in [-0.05, 0) is 17.7 Å². The van der Waals surface area contributed by atoms with Crippen LogP contribution in [0, 0.1) is 5.82 Å². The van der Waals surface area contributed by atoms with Crippen molar-refractivity contribution in [2.24, 2.45) is 0 Å². The molecule has 0 spiro atoms. The summed E-state index contributed by atoms with van der Waals surface area (Å²) in [5, 5.41) is 9.64. The SMILES string of the molecule is COC(=O)C[C@H](O)c1ccc(F)cc1Br. The third-order valence-electron chi connectivity index (χ3n) is 1.91. The molecule has 82 valence electrons. The van der Waals surface area contributed by atoms with Crippen molar-refractivity contribution in [1.82, 2.24) is 0 Å². The largest absolute Gasteiger partial charge is 0.469 e. The zero-order chi connectivity index (χ0) is 11.4. The minimum atomic E-state index is -0.993. The van der Waals surface area contributed by atoms with Gasteiger partial charge in [-0.2, -0.15) is 0 Å². The van der Waals surface area contributed by atoms with Crippen LogP contribution in [0.25, 0.3) is 0 Å². The van der Waals surface area contributed by atoms with Crippen molar-refractivity contribution in [2.75, 3.05) is 7.11 Å². The zero-order valence-electron chi connectivity index (χ0n) is 8.04. The average Bonchev–Trinajstić information content (AvgIpc) is 2.17. The van der Waals surface area contributed by atoms with Crippen molar-refractivity contribution in [3.05, 3.63) is 34.1 Å². The van der Waals surface area contributed by atoms with Gasteiger partial charge in [0.15, 0.2) is 0 Å². The summed E-state index contributed by atoms with van der Waals surface area (Å²) in [6, 6.07) is 3.88. The van der Waals surface area contributed by atoms with E-state index in [9.17, 15) is 14.3 Å². The number of rotatable bonds is 3. The predicted octanol–water partition coefficient (Wildman–Crippen LogP) is 2.18. The Bertz CT molecular complexity index is 368. The average molecular weight is 277 g/mol. The number of aliphatic hydroxyl groups excluding tert-OH is 1. The Morgan fingerprint density at radius 2 is 2.33 bits per heavy atom. The van der Waals surface area contributed by atoms with E-state index in [2.05, 4.69) is 20.7 Å². The van der Waals surface area contributed by atoms with Crippen molar-refractivity contribution in [2.45, 2.75) is 12.5 Å². The van der Waals surface area contributed by atoms with Crippen LogP contribution in [0.3, 0.4) is 0 Å². The Kier molecular flexibility index (Phi) is 4.23. The molecule has 0 saturated heterocycles. The van der Waals surface area contributed by atoms with Crippen LogP contribution < -0.4 is 0 Å². The summed E-state index contributed by atoms with van der Waals surface area (Å²) < 4.78 is 17.6. The molecule has 15 heavy (non-hydrogen) atoms. The van der Waals surface area contributed by atoms with E-state index in [0.717, 1.165) is 0 Å². The summed E-state index contributed by atoms with van der Waals surface area (Å²) in [5.41, 5.74) is 0.460. The molecule has 0 amide bonds. The molecule has 0 aliphatic carbocycles. The first kappa shape index (κ1) is 12.1. The Balaban J connectivity index is 2.82. The topological polar surface area (TPSA) is 46.5 Å². The maximum Gasteiger partial charge on any atom is 0.308 e. The van der Waals surface area contributed by atoms with E-state index in [0.29, 0.717) is 10.0 Å². The Labute approximate surface area is 95.0 Å². The standard InChI is InChI=1S/C10H10BrFO3/c1-15-10(14)5-9(13)7-3-2-6(12)4-8(7)11/h2-4,9,13H,5H2,1H3/t9-/m0/s1. The number of carbonyl (C=O) groups excluding carboxylic acids is 1. The van der Waals surface area contributed by atoms with E-state index in [-0.39, 0.29) is 6.42 Å². The van der Waals surface area contributed by atoms with Crippen LogP contribution >= 0.6 is 15.9 Å². The molecule has 0 aromatic heterocycles. The fourth-order valence-electron chi connectivity index (χ4n) is 1.12. The second kappa shape index (κ2) is 5.23. The Hall–Kier alpha value is -0.940. The summed E-state index contributed by atoms with van der Waals surface area (Å²) in [5.74, 6) is -0.922. The lowest BCUT2D eigenvalue weighted by Gasteiger charge is -2.11. The first-order valence-corrected chi connectivity index (χ1v) is 5.03. The summed E-state index contributed by atoms with van der Waals surface area (Å²) >= 11 is 3.11. The van der Waals surface area contributed by atoms with Gasteiger partial charge in [0.1, 0.15) is 5.82 Å². The molecular weight excluding hydrogens is 267 g/mol. The molecule has 0 aliphatic heterocycles. The van der Waals surface area contributed by atoms with Gasteiger partial charge in [0.05, 0.1) is 19.6 Å². The van der Waals surface area contributed by atoms with Gasteiger partial charge >= 0.3 is 5.97 Å². The van der Waals surface area contributed by atoms with Gasteiger partial charge < -0.3 is 9.84 Å². The van der Waals surface area contributed by atoms with Crippen molar-refractivity contribution >= 4 is 21.9 Å². The Morgan fingerprint density at radius 3 is 2.87 bits per heavy atom. The first-order valence-electron chi connectivity index (χ1n) is 4.24. The molecule has 0 radical (unpaired) electrons. The molecule has 0 bridgehead atoms. The van der Waals surface area contributed by atoms with Gasteiger partial charge in [0.2, 0.25) is 0 Å². The smallest absolute Gasteiger partial charge is 0.308 e. The number of hydrogen-bond donors (Lipinski definition) is 1. The van der Waals surface area contributed by atoms with Crippen molar-refractivity contribution in [3.63, 3.8) is 0 Å². The lowest BCUT2D eigenvalue weighted by atomic mass is 10.1. The normalized spacial score (nSPS) is 12.3. The van der Waals surface area contributed by atoms with Crippen molar-refractivity contribution < 1.29 is 19.0 Å². The minimum absolute atomic E-state index is 0.152. The molecular formula is C10H10BrFO3. The summed E-state index contributed by atoms with van der Waals surface area (Å²) in [7, 11) is 1.24. The number of benzene rings is 1. The van der Waals surface area contributed by atoms with Gasteiger partial charge in [-0.1, -0.05) is 22.0 Å². The number of esters is 1. The maximum atomic E-state index is 12.7. The highest BCUT2D eigenvalue weighted by Gasteiger charge is 2.16. The number of methoxy groups -OCH3 is 1. The van der Waals surface area contributed by atoms with Crippen LogP contribution in [0.5, 0.6) is 0 Å². The molecule has 1 N–H and O–H groups in total. The van der Waals surface area contributed by atoms with Crippen LogP contribution in [0.2, 0.25) is 0 Å². The molecule has 3 nitrogen and oxygen atoms in total. The molecule has 0 unspecified atom stereocenters. The second-order valence-corrected chi connectivity index (χ2v) is 3.82. The van der Waals surface area contributed by atoms with Gasteiger partial charge in [-0.25, -0.2) is 4.39 Å². The first-order chi connectivity index (χ1) is 7.04. The van der Waals surface area contributed by atoms with E-state index < -0.39 is 17.9 Å². The highest BCUT2D eigenvalue weighted by Crippen LogP contribution is 2.26. The molecule has 1 atom stereocenters. The lowest BCUT2D eigenvalue weighted by Crippen LogP contribution is -2.08. The number of ether oxygens (including phenoxy) is 1. The molecule has 0 fully saturated rings. The molecule has 0 aliphatic rings. The molecule has 1 rings (SSSR count). The number of halogens is 2. The summed E-state index contributed by atoms with van der Waals surface area (Å²) in [6.07, 6.45) is -1.15. The van der Waals surface area contributed by atoms with Crippen LogP contribution in [-0.4, -0.2) is 18.2 Å². The molecule has 1 aromatic carbocycles. The van der Waals surface area contributed by atoms with E-state index in [1.807, 2.05) is 0 Å². The lowest BCUT2D eigenvalue weighted by molar-refractivity contribution is -0.142. The van der Waals surface area contributed by atoms with Gasteiger partial charge in [0.25, 0.3) is 0 Å². The number of carbonyl (C=O) groups is 1.